The summed E-state index contributed by atoms with van der Waals surface area (Å²) in [6.45, 7) is 6.67. The van der Waals surface area contributed by atoms with Crippen LogP contribution in [0.2, 0.25) is 0 Å². The lowest BCUT2D eigenvalue weighted by Gasteiger charge is -2.18. The largest absolute Gasteiger partial charge is 0.462 e. The van der Waals surface area contributed by atoms with E-state index in [9.17, 15) is 14.4 Å². The molecule has 0 saturated heterocycles. The van der Waals surface area contributed by atoms with E-state index >= 15 is 0 Å². The highest BCUT2D eigenvalue weighted by Gasteiger charge is 2.19. The summed E-state index contributed by atoms with van der Waals surface area (Å²) in [5.41, 5.74) is 0. The van der Waals surface area contributed by atoms with Crippen LogP contribution in [0.4, 0.5) is 0 Å². The third kappa shape index (κ3) is 61.1. The van der Waals surface area contributed by atoms with Crippen molar-refractivity contribution < 1.29 is 28.6 Å². The standard InChI is InChI=1S/C67H130O6/c1-4-7-10-13-16-18-20-22-24-26-28-30-32-33-34-35-36-38-39-41-43-45-47-49-51-54-57-60-66(69)72-63-64(62-71-65(68)59-56-53-15-12-9-6-3)73-67(70)61-58-55-52-50-48-46-44-42-40-37-31-29-27-25-23-21-19-17-14-11-8-5-2/h64H,4-63H2,1-3H3. The molecule has 0 radical (unpaired) electrons. The first-order valence-corrected chi connectivity index (χ1v) is 33.5. The van der Waals surface area contributed by atoms with Crippen LogP contribution in [-0.4, -0.2) is 37.2 Å². The molecule has 0 rings (SSSR count). The summed E-state index contributed by atoms with van der Waals surface area (Å²) in [6.07, 6.45) is 73.1. The van der Waals surface area contributed by atoms with Gasteiger partial charge in [-0.3, -0.25) is 14.4 Å². The summed E-state index contributed by atoms with van der Waals surface area (Å²) >= 11 is 0. The van der Waals surface area contributed by atoms with Crippen molar-refractivity contribution in [3.8, 4) is 0 Å². The maximum atomic E-state index is 12.8. The number of hydrogen-bond acceptors (Lipinski definition) is 6. The molecule has 434 valence electrons. The Labute approximate surface area is 457 Å². The minimum Gasteiger partial charge on any atom is -0.462 e. The zero-order valence-corrected chi connectivity index (χ0v) is 50.0. The maximum Gasteiger partial charge on any atom is 0.306 e. The lowest BCUT2D eigenvalue weighted by atomic mass is 10.0. The zero-order chi connectivity index (χ0) is 52.9. The van der Waals surface area contributed by atoms with Gasteiger partial charge in [0.15, 0.2) is 6.10 Å². The van der Waals surface area contributed by atoms with Crippen LogP contribution >= 0.6 is 0 Å². The van der Waals surface area contributed by atoms with Gasteiger partial charge in [0.1, 0.15) is 13.2 Å². The SMILES string of the molecule is CCCCCCCCCCCCCCCCCCCCCCCCCCCCCC(=O)OCC(COC(=O)CCCCCCCC)OC(=O)CCCCCCCCCCCCCCCCCCCCCCCC. The fraction of sp³-hybridized carbons (Fsp3) is 0.955. The second-order valence-corrected chi connectivity index (χ2v) is 23.1. The van der Waals surface area contributed by atoms with Crippen LogP contribution in [0.5, 0.6) is 0 Å². The van der Waals surface area contributed by atoms with Crippen LogP contribution in [0, 0.1) is 0 Å². The average Bonchev–Trinajstić information content (AvgIpc) is 3.39. The molecule has 0 aromatic rings. The Morgan fingerprint density at radius 1 is 0.219 bits per heavy atom. The number of carbonyl (C=O) groups excluding carboxylic acids is 3. The lowest BCUT2D eigenvalue weighted by Crippen LogP contribution is -2.30. The second kappa shape index (κ2) is 62.9. The van der Waals surface area contributed by atoms with Crippen LogP contribution < -0.4 is 0 Å². The average molecular weight is 1030 g/mol. The highest BCUT2D eigenvalue weighted by atomic mass is 16.6. The molecule has 73 heavy (non-hydrogen) atoms. The summed E-state index contributed by atoms with van der Waals surface area (Å²) in [7, 11) is 0. The molecule has 1 unspecified atom stereocenters. The fourth-order valence-electron chi connectivity index (χ4n) is 10.6. The maximum absolute atomic E-state index is 12.8. The third-order valence-corrected chi connectivity index (χ3v) is 15.6. The molecule has 0 aliphatic rings. The second-order valence-electron chi connectivity index (χ2n) is 23.1. The minimum absolute atomic E-state index is 0.0618. The molecule has 0 saturated carbocycles. The number of rotatable bonds is 63. The molecule has 0 aromatic carbocycles. The van der Waals surface area contributed by atoms with Gasteiger partial charge in [0.05, 0.1) is 0 Å². The van der Waals surface area contributed by atoms with Gasteiger partial charge in [0, 0.05) is 19.3 Å². The highest BCUT2D eigenvalue weighted by molar-refractivity contribution is 5.71. The first kappa shape index (κ1) is 71.4. The Hall–Kier alpha value is -1.59. The molecule has 0 heterocycles. The third-order valence-electron chi connectivity index (χ3n) is 15.6. The quantitative estimate of drug-likeness (QED) is 0.0343. The monoisotopic (exact) mass is 1030 g/mol. The highest BCUT2D eigenvalue weighted by Crippen LogP contribution is 2.19. The van der Waals surface area contributed by atoms with E-state index in [1.807, 2.05) is 0 Å². The molecular formula is C67H130O6. The smallest absolute Gasteiger partial charge is 0.306 e. The van der Waals surface area contributed by atoms with Crippen LogP contribution in [0.25, 0.3) is 0 Å². The Kier molecular flexibility index (Phi) is 61.6. The van der Waals surface area contributed by atoms with Gasteiger partial charge >= 0.3 is 17.9 Å². The van der Waals surface area contributed by atoms with Gasteiger partial charge in [-0.25, -0.2) is 0 Å². The molecule has 0 aromatic heterocycles. The Morgan fingerprint density at radius 2 is 0.370 bits per heavy atom. The molecular weight excluding hydrogens is 901 g/mol. The van der Waals surface area contributed by atoms with E-state index in [1.165, 1.54) is 295 Å². The molecule has 6 heteroatoms. The first-order chi connectivity index (χ1) is 36.0. The molecule has 0 aliphatic carbocycles. The molecule has 0 bridgehead atoms. The Balaban J connectivity index is 3.97. The van der Waals surface area contributed by atoms with E-state index in [0.29, 0.717) is 19.3 Å². The van der Waals surface area contributed by atoms with Crippen molar-refractivity contribution in [1.82, 2.24) is 0 Å². The molecule has 0 fully saturated rings. The van der Waals surface area contributed by atoms with Gasteiger partial charge in [0.2, 0.25) is 0 Å². The van der Waals surface area contributed by atoms with E-state index < -0.39 is 6.10 Å². The van der Waals surface area contributed by atoms with Gasteiger partial charge in [-0.2, -0.15) is 0 Å². The molecule has 0 spiro atoms. The predicted molar refractivity (Wildman–Crippen MR) is 317 cm³/mol. The van der Waals surface area contributed by atoms with Crippen molar-refractivity contribution in [2.75, 3.05) is 13.2 Å². The molecule has 1 atom stereocenters. The molecule has 0 amide bonds. The summed E-state index contributed by atoms with van der Waals surface area (Å²) < 4.78 is 16.8. The van der Waals surface area contributed by atoms with Gasteiger partial charge in [-0.05, 0) is 19.3 Å². The predicted octanol–water partition coefficient (Wildman–Crippen LogP) is 22.7. The summed E-state index contributed by atoms with van der Waals surface area (Å²) in [5, 5.41) is 0. The molecule has 0 aliphatic heterocycles. The van der Waals surface area contributed by atoms with E-state index in [2.05, 4.69) is 20.8 Å². The first-order valence-electron chi connectivity index (χ1n) is 33.5. The number of esters is 3. The van der Waals surface area contributed by atoms with Gasteiger partial charge < -0.3 is 14.2 Å². The Bertz CT molecular complexity index is 1090. The van der Waals surface area contributed by atoms with Crippen molar-refractivity contribution in [3.05, 3.63) is 0 Å². The molecule has 0 N–H and O–H groups in total. The number of carbonyl (C=O) groups is 3. The fourth-order valence-corrected chi connectivity index (χ4v) is 10.6. The van der Waals surface area contributed by atoms with E-state index in [1.54, 1.807) is 0 Å². The van der Waals surface area contributed by atoms with Crippen LogP contribution in [0.15, 0.2) is 0 Å². The number of ether oxygens (including phenoxy) is 3. The number of hydrogen-bond donors (Lipinski definition) is 0. The summed E-state index contributed by atoms with van der Waals surface area (Å²) in [6, 6.07) is 0. The van der Waals surface area contributed by atoms with Crippen LogP contribution in [0.1, 0.15) is 393 Å². The van der Waals surface area contributed by atoms with Crippen LogP contribution in [0.3, 0.4) is 0 Å². The lowest BCUT2D eigenvalue weighted by molar-refractivity contribution is -0.167. The minimum atomic E-state index is -0.761. The number of unbranched alkanes of at least 4 members (excludes halogenated alkanes) is 52. The van der Waals surface area contributed by atoms with Gasteiger partial charge in [-0.1, -0.05) is 355 Å². The summed E-state index contributed by atoms with van der Waals surface area (Å²) in [5.74, 6) is -0.839. The molecule has 6 nitrogen and oxygen atoms in total. The van der Waals surface area contributed by atoms with Crippen molar-refractivity contribution in [1.29, 1.82) is 0 Å². The van der Waals surface area contributed by atoms with Gasteiger partial charge in [0.25, 0.3) is 0 Å². The van der Waals surface area contributed by atoms with Crippen LogP contribution in [-0.2, 0) is 28.6 Å². The van der Waals surface area contributed by atoms with Crippen molar-refractivity contribution >= 4 is 17.9 Å². The van der Waals surface area contributed by atoms with Crippen molar-refractivity contribution in [3.63, 3.8) is 0 Å². The summed E-state index contributed by atoms with van der Waals surface area (Å²) in [4.78, 5) is 38.0. The van der Waals surface area contributed by atoms with E-state index in [0.717, 1.165) is 57.8 Å². The van der Waals surface area contributed by atoms with Gasteiger partial charge in [-0.15, -0.1) is 0 Å². The van der Waals surface area contributed by atoms with E-state index in [-0.39, 0.29) is 31.1 Å². The van der Waals surface area contributed by atoms with Crippen molar-refractivity contribution in [2.45, 2.75) is 399 Å². The van der Waals surface area contributed by atoms with E-state index in [4.69, 9.17) is 14.2 Å². The Morgan fingerprint density at radius 3 is 0.548 bits per heavy atom. The zero-order valence-electron chi connectivity index (χ0n) is 50.0. The topological polar surface area (TPSA) is 78.9 Å². The van der Waals surface area contributed by atoms with Crippen molar-refractivity contribution in [2.24, 2.45) is 0 Å². The normalized spacial score (nSPS) is 11.9.